The van der Waals surface area contributed by atoms with E-state index in [9.17, 15) is 14.0 Å². The second kappa shape index (κ2) is 7.01. The third kappa shape index (κ3) is 3.72. The van der Waals surface area contributed by atoms with Crippen LogP contribution in [0.15, 0.2) is 23.3 Å². The van der Waals surface area contributed by atoms with Crippen molar-refractivity contribution < 1.29 is 14.0 Å². The minimum atomic E-state index is -0.520. The van der Waals surface area contributed by atoms with Crippen molar-refractivity contribution in [2.24, 2.45) is 5.10 Å². The Labute approximate surface area is 133 Å². The van der Waals surface area contributed by atoms with Gasteiger partial charge >= 0.3 is 0 Å². The van der Waals surface area contributed by atoms with Crippen molar-refractivity contribution in [3.8, 4) is 6.07 Å². The number of nitriles is 1. The summed E-state index contributed by atoms with van der Waals surface area (Å²) < 4.78 is 14.0. The molecule has 2 amide bonds. The lowest BCUT2D eigenvalue weighted by molar-refractivity contribution is -0.130. The molecule has 2 rings (SSSR count). The summed E-state index contributed by atoms with van der Waals surface area (Å²) in [6.45, 7) is 2.26. The van der Waals surface area contributed by atoms with Crippen molar-refractivity contribution in [3.05, 3.63) is 35.1 Å². The average molecular weight is 316 g/mol. The summed E-state index contributed by atoms with van der Waals surface area (Å²) in [6.07, 6.45) is 0.526. The van der Waals surface area contributed by atoms with Gasteiger partial charge in [0.2, 0.25) is 5.91 Å². The number of halogens is 1. The highest BCUT2D eigenvalue weighted by molar-refractivity contribution is 6.39. The lowest BCUT2D eigenvalue weighted by Crippen LogP contribution is -2.40. The molecule has 1 aliphatic heterocycles. The number of nitrogens with zero attached hydrogens (tertiary/aromatic N) is 4. The molecule has 1 heterocycles. The van der Waals surface area contributed by atoms with Gasteiger partial charge in [-0.3, -0.25) is 9.59 Å². The van der Waals surface area contributed by atoms with Crippen LogP contribution in [0.3, 0.4) is 0 Å². The van der Waals surface area contributed by atoms with E-state index < -0.39 is 5.82 Å². The molecular weight excluding hydrogens is 299 g/mol. The van der Waals surface area contributed by atoms with Crippen molar-refractivity contribution in [2.75, 3.05) is 13.6 Å². The maximum Gasteiger partial charge on any atom is 0.270 e. The number of hydrazone groups is 1. The Morgan fingerprint density at radius 2 is 2.22 bits per heavy atom. The molecule has 6 nitrogen and oxygen atoms in total. The Morgan fingerprint density at radius 3 is 2.78 bits per heavy atom. The topological polar surface area (TPSA) is 76.8 Å². The first-order chi connectivity index (χ1) is 11.0. The second-order valence-electron chi connectivity index (χ2n) is 5.20. The van der Waals surface area contributed by atoms with Crippen LogP contribution < -0.4 is 0 Å². The highest BCUT2D eigenvalue weighted by atomic mass is 19.1. The van der Waals surface area contributed by atoms with Gasteiger partial charge in [-0.25, -0.2) is 9.40 Å². The first-order valence-corrected chi connectivity index (χ1v) is 7.28. The predicted molar refractivity (Wildman–Crippen MR) is 81.6 cm³/mol. The Bertz CT molecular complexity index is 709. The fourth-order valence-electron chi connectivity index (χ4n) is 2.28. The largest absolute Gasteiger partial charge is 0.333 e. The molecule has 0 radical (unpaired) electrons. The Hall–Kier alpha value is -2.75. The van der Waals surface area contributed by atoms with Crippen molar-refractivity contribution in [2.45, 2.75) is 26.3 Å². The first kappa shape index (κ1) is 16.6. The molecule has 0 aliphatic carbocycles. The molecular formula is C16H17FN4O2. The van der Waals surface area contributed by atoms with Gasteiger partial charge in [-0.1, -0.05) is 6.07 Å². The minimum Gasteiger partial charge on any atom is -0.333 e. The van der Waals surface area contributed by atoms with Crippen LogP contribution in [-0.2, 0) is 16.1 Å². The van der Waals surface area contributed by atoms with E-state index in [0.717, 1.165) is 11.1 Å². The van der Waals surface area contributed by atoms with E-state index in [1.807, 2.05) is 6.07 Å². The van der Waals surface area contributed by atoms with E-state index in [1.165, 1.54) is 24.1 Å². The van der Waals surface area contributed by atoms with E-state index in [1.54, 1.807) is 6.92 Å². The fraction of sp³-hybridized carbons (Fsp3) is 0.375. The SMILES string of the molecule is CCN(Cc1ccc(C#N)cc1F)C(=O)C1=NN(C)C(=O)CC1. The summed E-state index contributed by atoms with van der Waals surface area (Å²) in [6, 6.07) is 6.04. The number of carbonyl (C=O) groups is 2. The summed E-state index contributed by atoms with van der Waals surface area (Å²) >= 11 is 0. The van der Waals surface area contributed by atoms with Crippen LogP contribution >= 0.6 is 0 Å². The van der Waals surface area contributed by atoms with Crippen molar-refractivity contribution in [3.63, 3.8) is 0 Å². The van der Waals surface area contributed by atoms with Crippen LogP contribution in [0.25, 0.3) is 0 Å². The van der Waals surface area contributed by atoms with Crippen LogP contribution in [0.1, 0.15) is 30.9 Å². The summed E-state index contributed by atoms with van der Waals surface area (Å²) in [5, 5.41) is 13.9. The second-order valence-corrected chi connectivity index (χ2v) is 5.20. The molecule has 0 saturated heterocycles. The molecule has 0 fully saturated rings. The quantitative estimate of drug-likeness (QED) is 0.847. The summed E-state index contributed by atoms with van der Waals surface area (Å²) in [5.41, 5.74) is 0.862. The first-order valence-electron chi connectivity index (χ1n) is 7.28. The zero-order chi connectivity index (χ0) is 17.0. The predicted octanol–water partition coefficient (Wildman–Crippen LogP) is 1.65. The number of hydrogen-bond acceptors (Lipinski definition) is 4. The average Bonchev–Trinajstić information content (AvgIpc) is 2.55. The maximum atomic E-state index is 14.0. The zero-order valence-corrected chi connectivity index (χ0v) is 13.0. The van der Waals surface area contributed by atoms with Gasteiger partial charge in [0.05, 0.1) is 11.6 Å². The van der Waals surface area contributed by atoms with Gasteiger partial charge < -0.3 is 4.90 Å². The highest BCUT2D eigenvalue weighted by Gasteiger charge is 2.25. The number of carbonyl (C=O) groups excluding carboxylic acids is 2. The molecule has 0 bridgehead atoms. The van der Waals surface area contributed by atoms with Crippen LogP contribution in [0.2, 0.25) is 0 Å². The Kier molecular flexibility index (Phi) is 5.06. The monoisotopic (exact) mass is 316 g/mol. The van der Waals surface area contributed by atoms with E-state index >= 15 is 0 Å². The normalized spacial score (nSPS) is 14.3. The van der Waals surface area contributed by atoms with E-state index in [-0.39, 0.29) is 36.8 Å². The fourth-order valence-corrected chi connectivity index (χ4v) is 2.28. The van der Waals surface area contributed by atoms with Crippen molar-refractivity contribution in [1.82, 2.24) is 9.91 Å². The molecule has 23 heavy (non-hydrogen) atoms. The number of amides is 2. The zero-order valence-electron chi connectivity index (χ0n) is 13.0. The molecule has 1 aromatic carbocycles. The summed E-state index contributed by atoms with van der Waals surface area (Å²) in [4.78, 5) is 25.4. The van der Waals surface area contributed by atoms with Gasteiger partial charge in [0.1, 0.15) is 11.5 Å². The molecule has 0 aromatic heterocycles. The van der Waals surface area contributed by atoms with Crippen LogP contribution in [0, 0.1) is 17.1 Å². The van der Waals surface area contributed by atoms with Gasteiger partial charge in [0, 0.05) is 38.5 Å². The van der Waals surface area contributed by atoms with Crippen molar-refractivity contribution in [1.29, 1.82) is 5.26 Å². The Morgan fingerprint density at radius 1 is 1.48 bits per heavy atom. The van der Waals surface area contributed by atoms with Gasteiger partial charge in [-0.15, -0.1) is 0 Å². The van der Waals surface area contributed by atoms with E-state index in [4.69, 9.17) is 5.26 Å². The smallest absolute Gasteiger partial charge is 0.270 e. The third-order valence-corrected chi connectivity index (χ3v) is 3.67. The molecule has 0 unspecified atom stereocenters. The lowest BCUT2D eigenvalue weighted by atomic mass is 10.1. The van der Waals surface area contributed by atoms with Crippen LogP contribution in [0.4, 0.5) is 4.39 Å². The third-order valence-electron chi connectivity index (χ3n) is 3.67. The van der Waals surface area contributed by atoms with Gasteiger partial charge in [0.15, 0.2) is 0 Å². The lowest BCUT2D eigenvalue weighted by Gasteiger charge is -2.25. The van der Waals surface area contributed by atoms with Gasteiger partial charge in [-0.05, 0) is 19.1 Å². The molecule has 0 N–H and O–H groups in total. The number of hydrogen-bond donors (Lipinski definition) is 0. The summed E-state index contributed by atoms with van der Waals surface area (Å²) in [7, 11) is 1.51. The van der Waals surface area contributed by atoms with E-state index in [2.05, 4.69) is 5.10 Å². The summed E-state index contributed by atoms with van der Waals surface area (Å²) in [5.74, 6) is -0.966. The van der Waals surface area contributed by atoms with Crippen LogP contribution in [-0.4, -0.2) is 41.0 Å². The van der Waals surface area contributed by atoms with E-state index in [0.29, 0.717) is 17.8 Å². The van der Waals surface area contributed by atoms with Crippen molar-refractivity contribution >= 4 is 17.5 Å². The highest BCUT2D eigenvalue weighted by Crippen LogP contribution is 2.15. The standard InChI is InChI=1S/C16H17FN4O2/c1-3-21(10-12-5-4-11(9-18)8-13(12)17)16(23)14-6-7-15(22)20(2)19-14/h4-5,8H,3,6-7,10H2,1-2H3. The molecule has 1 aromatic rings. The molecule has 0 spiro atoms. The minimum absolute atomic E-state index is 0.0869. The van der Waals surface area contributed by atoms with Crippen LogP contribution in [0.5, 0.6) is 0 Å². The van der Waals surface area contributed by atoms with Gasteiger partial charge in [-0.2, -0.15) is 10.4 Å². The molecule has 120 valence electrons. The maximum absolute atomic E-state index is 14.0. The Balaban J connectivity index is 2.17. The molecule has 7 heteroatoms. The molecule has 0 saturated carbocycles. The van der Waals surface area contributed by atoms with Gasteiger partial charge in [0.25, 0.3) is 5.91 Å². The number of rotatable bonds is 4. The number of benzene rings is 1. The molecule has 1 aliphatic rings. The molecule has 0 atom stereocenters.